The van der Waals surface area contributed by atoms with Gasteiger partial charge in [-0.15, -0.1) is 0 Å². The number of hydrogen-bond donors (Lipinski definition) is 0. The van der Waals surface area contributed by atoms with Gasteiger partial charge in [0.25, 0.3) is 0 Å². The van der Waals surface area contributed by atoms with Gasteiger partial charge in [0, 0.05) is 7.05 Å². The first-order valence-corrected chi connectivity index (χ1v) is 6.60. The molecule has 7 heteroatoms. The average Bonchev–Trinajstić information content (AvgIpc) is 2.63. The molecule has 1 heterocycles. The molecule has 116 valence electrons. The maximum absolute atomic E-state index is 12.4. The number of esters is 1. The fourth-order valence-electron chi connectivity index (χ4n) is 2.22. The highest BCUT2D eigenvalue weighted by molar-refractivity contribution is 6.08. The highest BCUT2D eigenvalue weighted by Crippen LogP contribution is 2.27. The number of ether oxygens (including phenoxy) is 1. The minimum Gasteiger partial charge on any atom is -0.467 e. The SMILES string of the molecule is COC(=O)C(C)N(C(=O)CC(C)=O)c1c(C)nn(C)c1C. The molecule has 1 rings (SSSR count). The van der Waals surface area contributed by atoms with E-state index in [9.17, 15) is 14.4 Å². The Morgan fingerprint density at radius 1 is 1.33 bits per heavy atom. The van der Waals surface area contributed by atoms with Gasteiger partial charge < -0.3 is 4.74 Å². The van der Waals surface area contributed by atoms with Crippen LogP contribution in [0.1, 0.15) is 31.7 Å². The molecule has 0 aromatic carbocycles. The van der Waals surface area contributed by atoms with Gasteiger partial charge in [-0.1, -0.05) is 0 Å². The third-order valence-corrected chi connectivity index (χ3v) is 3.31. The summed E-state index contributed by atoms with van der Waals surface area (Å²) in [7, 11) is 3.01. The van der Waals surface area contributed by atoms with Gasteiger partial charge in [0.2, 0.25) is 5.91 Å². The van der Waals surface area contributed by atoms with Crippen LogP contribution in [-0.2, 0) is 26.2 Å². The largest absolute Gasteiger partial charge is 0.467 e. The summed E-state index contributed by atoms with van der Waals surface area (Å²) in [5.74, 6) is -1.25. The van der Waals surface area contributed by atoms with E-state index in [1.165, 1.54) is 18.9 Å². The third-order valence-electron chi connectivity index (χ3n) is 3.31. The number of nitrogens with zero attached hydrogens (tertiary/aromatic N) is 3. The normalized spacial score (nSPS) is 11.9. The quantitative estimate of drug-likeness (QED) is 0.596. The molecule has 0 aliphatic heterocycles. The first-order chi connectivity index (χ1) is 9.70. The van der Waals surface area contributed by atoms with Crippen molar-refractivity contribution >= 4 is 23.3 Å². The van der Waals surface area contributed by atoms with Crippen LogP contribution in [0.15, 0.2) is 0 Å². The van der Waals surface area contributed by atoms with Crippen molar-refractivity contribution in [3.8, 4) is 0 Å². The predicted octanol–water partition coefficient (Wildman–Crippen LogP) is 0.911. The van der Waals surface area contributed by atoms with E-state index >= 15 is 0 Å². The molecule has 1 amide bonds. The molecule has 0 aliphatic rings. The van der Waals surface area contributed by atoms with Crippen LogP contribution in [0.5, 0.6) is 0 Å². The van der Waals surface area contributed by atoms with Crippen molar-refractivity contribution in [2.45, 2.75) is 40.2 Å². The van der Waals surface area contributed by atoms with Crippen LogP contribution in [0.25, 0.3) is 0 Å². The average molecular weight is 295 g/mol. The Morgan fingerprint density at radius 3 is 2.29 bits per heavy atom. The van der Waals surface area contributed by atoms with Gasteiger partial charge in [-0.2, -0.15) is 5.10 Å². The smallest absolute Gasteiger partial charge is 0.328 e. The molecule has 0 bridgehead atoms. The standard InChI is InChI=1S/C14H21N3O4/c1-8(18)7-12(19)17(11(4)14(20)21-6)13-9(2)15-16(5)10(13)3/h11H,7H2,1-6H3. The Kier molecular flexibility index (Phi) is 5.23. The molecule has 0 saturated heterocycles. The molecule has 0 aliphatic carbocycles. The lowest BCUT2D eigenvalue weighted by Gasteiger charge is -2.27. The number of amides is 1. The zero-order valence-electron chi connectivity index (χ0n) is 13.3. The van der Waals surface area contributed by atoms with Crippen molar-refractivity contribution in [3.05, 3.63) is 11.4 Å². The predicted molar refractivity (Wildman–Crippen MR) is 76.9 cm³/mol. The molecule has 1 aromatic rings. The molecule has 0 radical (unpaired) electrons. The topological polar surface area (TPSA) is 81.5 Å². The number of carbonyl (C=O) groups excluding carboxylic acids is 3. The van der Waals surface area contributed by atoms with E-state index in [4.69, 9.17) is 4.74 Å². The fourth-order valence-corrected chi connectivity index (χ4v) is 2.22. The van der Waals surface area contributed by atoms with Gasteiger partial charge in [-0.3, -0.25) is 19.2 Å². The second-order valence-electron chi connectivity index (χ2n) is 4.98. The second kappa shape index (κ2) is 6.51. The maximum Gasteiger partial charge on any atom is 0.328 e. The van der Waals surface area contributed by atoms with Crippen LogP contribution in [0.2, 0.25) is 0 Å². The molecule has 1 aromatic heterocycles. The van der Waals surface area contributed by atoms with Crippen molar-refractivity contribution < 1.29 is 19.1 Å². The Morgan fingerprint density at radius 2 is 1.90 bits per heavy atom. The highest BCUT2D eigenvalue weighted by atomic mass is 16.5. The zero-order chi connectivity index (χ0) is 16.3. The Bertz CT molecular complexity index is 577. The summed E-state index contributed by atoms with van der Waals surface area (Å²) in [6.07, 6.45) is -0.269. The number of methoxy groups -OCH3 is 1. The lowest BCUT2D eigenvalue weighted by molar-refractivity contribution is -0.143. The van der Waals surface area contributed by atoms with Crippen LogP contribution in [0.3, 0.4) is 0 Å². The van der Waals surface area contributed by atoms with Gasteiger partial charge in [0.1, 0.15) is 11.8 Å². The minimum absolute atomic E-state index is 0.263. The molecular formula is C14H21N3O4. The number of aromatic nitrogens is 2. The molecule has 7 nitrogen and oxygen atoms in total. The summed E-state index contributed by atoms with van der Waals surface area (Å²) in [4.78, 5) is 36.7. The van der Waals surface area contributed by atoms with E-state index in [2.05, 4.69) is 5.10 Å². The van der Waals surface area contributed by atoms with Crippen molar-refractivity contribution in [1.82, 2.24) is 9.78 Å². The van der Waals surface area contributed by atoms with Gasteiger partial charge in [0.15, 0.2) is 0 Å². The maximum atomic E-state index is 12.4. The summed E-state index contributed by atoms with van der Waals surface area (Å²) in [6.45, 7) is 6.45. The van der Waals surface area contributed by atoms with Crippen molar-refractivity contribution in [2.24, 2.45) is 7.05 Å². The third kappa shape index (κ3) is 3.48. The summed E-state index contributed by atoms with van der Waals surface area (Å²) in [5, 5.41) is 4.25. The lowest BCUT2D eigenvalue weighted by Crippen LogP contribution is -2.45. The molecule has 0 fully saturated rings. The summed E-state index contributed by atoms with van der Waals surface area (Å²) in [5.41, 5.74) is 1.89. The summed E-state index contributed by atoms with van der Waals surface area (Å²) < 4.78 is 6.34. The van der Waals surface area contributed by atoms with Crippen LogP contribution >= 0.6 is 0 Å². The van der Waals surface area contributed by atoms with E-state index in [-0.39, 0.29) is 12.2 Å². The number of ketones is 1. The number of aryl methyl sites for hydroxylation is 2. The summed E-state index contributed by atoms with van der Waals surface area (Å²) >= 11 is 0. The Hall–Kier alpha value is -2.18. The van der Waals surface area contributed by atoms with E-state index in [0.717, 1.165) is 5.69 Å². The first-order valence-electron chi connectivity index (χ1n) is 6.60. The summed E-state index contributed by atoms with van der Waals surface area (Å²) in [6, 6.07) is -0.830. The van der Waals surface area contributed by atoms with Crippen molar-refractivity contribution in [3.63, 3.8) is 0 Å². The number of rotatable bonds is 5. The molecule has 0 N–H and O–H groups in total. The van der Waals surface area contributed by atoms with Crippen molar-refractivity contribution in [2.75, 3.05) is 12.0 Å². The van der Waals surface area contributed by atoms with Gasteiger partial charge in [-0.25, -0.2) is 4.79 Å². The molecular weight excluding hydrogens is 274 g/mol. The number of Topliss-reactive ketones (excluding diaryl/α,β-unsaturated/α-hetero) is 1. The van der Waals surface area contributed by atoms with Gasteiger partial charge in [0.05, 0.1) is 30.6 Å². The molecule has 1 unspecified atom stereocenters. The van der Waals surface area contributed by atoms with E-state index in [1.54, 1.807) is 32.5 Å². The molecule has 0 saturated carbocycles. The number of hydrogen-bond acceptors (Lipinski definition) is 5. The van der Waals surface area contributed by atoms with Crippen LogP contribution in [0, 0.1) is 13.8 Å². The van der Waals surface area contributed by atoms with E-state index < -0.39 is 17.9 Å². The van der Waals surface area contributed by atoms with E-state index in [1.807, 2.05) is 0 Å². The zero-order valence-corrected chi connectivity index (χ0v) is 13.3. The van der Waals surface area contributed by atoms with E-state index in [0.29, 0.717) is 11.4 Å². The van der Waals surface area contributed by atoms with Crippen LogP contribution in [0.4, 0.5) is 5.69 Å². The molecule has 0 spiro atoms. The molecule has 21 heavy (non-hydrogen) atoms. The van der Waals surface area contributed by atoms with Gasteiger partial charge in [-0.05, 0) is 27.7 Å². The second-order valence-corrected chi connectivity index (χ2v) is 4.98. The number of carbonyl (C=O) groups is 3. The Labute approximate surface area is 123 Å². The fraction of sp³-hybridized carbons (Fsp3) is 0.571. The highest BCUT2D eigenvalue weighted by Gasteiger charge is 2.32. The monoisotopic (exact) mass is 295 g/mol. The Balaban J connectivity index is 3.34. The van der Waals surface area contributed by atoms with Crippen LogP contribution in [-0.4, -0.2) is 40.6 Å². The minimum atomic E-state index is -0.830. The number of anilines is 1. The lowest BCUT2D eigenvalue weighted by atomic mass is 10.1. The van der Waals surface area contributed by atoms with Crippen LogP contribution < -0.4 is 4.90 Å². The molecule has 1 atom stereocenters. The first kappa shape index (κ1) is 16.9. The van der Waals surface area contributed by atoms with Crippen molar-refractivity contribution in [1.29, 1.82) is 0 Å². The van der Waals surface area contributed by atoms with Gasteiger partial charge >= 0.3 is 5.97 Å².